The van der Waals surface area contributed by atoms with Gasteiger partial charge in [-0.15, -0.1) is 0 Å². The molecule has 1 aliphatic heterocycles. The van der Waals surface area contributed by atoms with Crippen molar-refractivity contribution in [2.75, 3.05) is 13.1 Å². The molecule has 0 N–H and O–H groups in total. The Morgan fingerprint density at radius 3 is 1.89 bits per heavy atom. The molecular formula is C17H31NRu+2. The molecule has 0 saturated carbocycles. The van der Waals surface area contributed by atoms with Crippen molar-refractivity contribution in [3.05, 3.63) is 24.4 Å². The third kappa shape index (κ3) is 11.4. The Balaban J connectivity index is 0.00000324. The first-order valence-corrected chi connectivity index (χ1v) is 8.01. The Bertz CT molecular complexity index is 235. The van der Waals surface area contributed by atoms with Crippen molar-refractivity contribution in [1.29, 1.82) is 0 Å². The topological polar surface area (TPSA) is 3.24 Å². The first kappa shape index (κ1) is 18.9. The van der Waals surface area contributed by atoms with Crippen LogP contribution >= 0.6 is 0 Å². The summed E-state index contributed by atoms with van der Waals surface area (Å²) in [6, 6.07) is 0. The van der Waals surface area contributed by atoms with Gasteiger partial charge in [-0.05, 0) is 18.7 Å². The van der Waals surface area contributed by atoms with E-state index in [1.54, 1.807) is 0 Å². The van der Waals surface area contributed by atoms with Crippen LogP contribution in [0.2, 0.25) is 0 Å². The predicted octanol–water partition coefficient (Wildman–Crippen LogP) is 5.29. The van der Waals surface area contributed by atoms with Crippen LogP contribution in [0.15, 0.2) is 24.4 Å². The van der Waals surface area contributed by atoms with E-state index in [1.807, 2.05) is 0 Å². The summed E-state index contributed by atoms with van der Waals surface area (Å²) >= 11 is 0. The van der Waals surface area contributed by atoms with Gasteiger partial charge in [0.1, 0.15) is 0 Å². The summed E-state index contributed by atoms with van der Waals surface area (Å²) < 4.78 is 0. The Morgan fingerprint density at radius 2 is 1.37 bits per heavy atom. The van der Waals surface area contributed by atoms with Gasteiger partial charge in [0.2, 0.25) is 0 Å². The molecule has 0 aromatic heterocycles. The van der Waals surface area contributed by atoms with Crippen molar-refractivity contribution in [3.63, 3.8) is 0 Å². The molecule has 0 fully saturated rings. The van der Waals surface area contributed by atoms with E-state index in [-0.39, 0.29) is 19.5 Å². The molecule has 0 bridgehead atoms. The van der Waals surface area contributed by atoms with Crippen LogP contribution in [0.1, 0.15) is 71.1 Å². The number of rotatable bonds is 11. The summed E-state index contributed by atoms with van der Waals surface area (Å²) in [4.78, 5) is 2.41. The third-order valence-electron chi connectivity index (χ3n) is 3.68. The van der Waals surface area contributed by atoms with Crippen molar-refractivity contribution in [2.45, 2.75) is 71.1 Å². The minimum atomic E-state index is 0. The number of nitrogens with zero attached hydrogens (tertiary/aromatic N) is 1. The maximum Gasteiger partial charge on any atom is 2.00 e. The van der Waals surface area contributed by atoms with Crippen LogP contribution in [0.25, 0.3) is 0 Å². The molecule has 1 heterocycles. The van der Waals surface area contributed by atoms with E-state index in [0.29, 0.717) is 0 Å². The van der Waals surface area contributed by atoms with E-state index in [2.05, 4.69) is 36.3 Å². The Labute approximate surface area is 133 Å². The van der Waals surface area contributed by atoms with Crippen molar-refractivity contribution in [3.8, 4) is 0 Å². The van der Waals surface area contributed by atoms with E-state index in [9.17, 15) is 0 Å². The van der Waals surface area contributed by atoms with Crippen molar-refractivity contribution in [2.24, 2.45) is 0 Å². The van der Waals surface area contributed by atoms with Gasteiger partial charge in [0.15, 0.2) is 0 Å². The number of allylic oxidation sites excluding steroid dienone is 2. The summed E-state index contributed by atoms with van der Waals surface area (Å²) in [5, 5.41) is 0. The van der Waals surface area contributed by atoms with Crippen LogP contribution in [0.4, 0.5) is 0 Å². The summed E-state index contributed by atoms with van der Waals surface area (Å²) in [7, 11) is 0. The van der Waals surface area contributed by atoms with Gasteiger partial charge >= 0.3 is 19.5 Å². The van der Waals surface area contributed by atoms with Crippen molar-refractivity contribution < 1.29 is 19.5 Å². The number of hydrogen-bond acceptors (Lipinski definition) is 1. The average molecular weight is 351 g/mol. The largest absolute Gasteiger partial charge is 2.00 e. The van der Waals surface area contributed by atoms with Crippen LogP contribution in [-0.2, 0) is 19.5 Å². The second-order valence-electron chi connectivity index (χ2n) is 5.45. The van der Waals surface area contributed by atoms with Crippen LogP contribution in [0, 0.1) is 0 Å². The average Bonchev–Trinajstić information content (AvgIpc) is 2.42. The Hall–Kier alpha value is -0.0966. The first-order valence-electron chi connectivity index (χ1n) is 8.01. The minimum absolute atomic E-state index is 0. The summed E-state index contributed by atoms with van der Waals surface area (Å²) in [6.07, 6.45) is 23.0. The third-order valence-corrected chi connectivity index (χ3v) is 3.68. The monoisotopic (exact) mass is 351 g/mol. The number of unbranched alkanes of at least 4 members (excludes halogenated alkanes) is 9. The fraction of sp³-hybridized carbons (Fsp3) is 0.765. The van der Waals surface area contributed by atoms with Crippen molar-refractivity contribution >= 4 is 0 Å². The minimum Gasteiger partial charge on any atom is -0.374 e. The molecule has 110 valence electrons. The molecule has 1 aliphatic rings. The Kier molecular flexibility index (Phi) is 14.2. The number of hydrogen-bond donors (Lipinski definition) is 0. The zero-order valence-corrected chi connectivity index (χ0v) is 14.3. The van der Waals surface area contributed by atoms with Gasteiger partial charge < -0.3 is 4.90 Å². The van der Waals surface area contributed by atoms with Gasteiger partial charge in [-0.1, -0.05) is 76.9 Å². The van der Waals surface area contributed by atoms with E-state index < -0.39 is 0 Å². The van der Waals surface area contributed by atoms with Gasteiger partial charge in [0, 0.05) is 13.1 Å². The van der Waals surface area contributed by atoms with E-state index in [1.165, 1.54) is 70.8 Å². The molecule has 1 rings (SSSR count). The quantitative estimate of drug-likeness (QED) is 0.361. The normalized spacial score (nSPS) is 13.6. The van der Waals surface area contributed by atoms with Crippen molar-refractivity contribution in [1.82, 2.24) is 4.90 Å². The second-order valence-corrected chi connectivity index (χ2v) is 5.45. The molecule has 0 spiro atoms. The maximum atomic E-state index is 2.41. The molecule has 1 nitrogen and oxygen atoms in total. The SMILES string of the molecule is CCCCCCCCCCCCN1C=CC=CC1.[Ru+2]. The molecular weight excluding hydrogens is 319 g/mol. The Morgan fingerprint density at radius 1 is 0.789 bits per heavy atom. The predicted molar refractivity (Wildman–Crippen MR) is 81.7 cm³/mol. The molecule has 0 aromatic rings. The van der Waals surface area contributed by atoms with Gasteiger partial charge in [-0.25, -0.2) is 0 Å². The summed E-state index contributed by atoms with van der Waals surface area (Å²) in [6.45, 7) is 4.62. The van der Waals surface area contributed by atoms with Crippen LogP contribution in [0.3, 0.4) is 0 Å². The zero-order chi connectivity index (χ0) is 12.9. The molecule has 0 aromatic carbocycles. The standard InChI is InChI=1S/C17H31N.Ru/c1-2-3-4-5-6-7-8-9-10-12-15-18-16-13-11-14-17-18;/h11,13-14,16H,2-10,12,15,17H2,1H3;/q;+2. The fourth-order valence-electron chi connectivity index (χ4n) is 2.48. The first-order chi connectivity index (χ1) is 8.93. The van der Waals surface area contributed by atoms with Gasteiger partial charge in [0.05, 0.1) is 0 Å². The van der Waals surface area contributed by atoms with Crippen LogP contribution in [-0.4, -0.2) is 18.0 Å². The van der Waals surface area contributed by atoms with Gasteiger partial charge in [-0.2, -0.15) is 0 Å². The van der Waals surface area contributed by atoms with E-state index >= 15 is 0 Å². The molecule has 0 amide bonds. The zero-order valence-electron chi connectivity index (χ0n) is 12.6. The molecule has 0 unspecified atom stereocenters. The molecule has 0 saturated heterocycles. The van der Waals surface area contributed by atoms with Gasteiger partial charge in [0.25, 0.3) is 0 Å². The summed E-state index contributed by atoms with van der Waals surface area (Å²) in [5.41, 5.74) is 0. The van der Waals surface area contributed by atoms with Gasteiger partial charge in [-0.3, -0.25) is 0 Å². The molecule has 0 radical (unpaired) electrons. The molecule has 0 atom stereocenters. The second kappa shape index (κ2) is 14.3. The van der Waals surface area contributed by atoms with Crippen LogP contribution < -0.4 is 0 Å². The molecule has 19 heavy (non-hydrogen) atoms. The van der Waals surface area contributed by atoms with E-state index in [4.69, 9.17) is 0 Å². The smallest absolute Gasteiger partial charge is 0.374 e. The maximum absolute atomic E-state index is 2.41. The van der Waals surface area contributed by atoms with E-state index in [0.717, 1.165) is 6.54 Å². The molecule has 0 aliphatic carbocycles. The molecule has 2 heteroatoms. The fourth-order valence-corrected chi connectivity index (χ4v) is 2.48. The van der Waals surface area contributed by atoms with Crippen LogP contribution in [0.5, 0.6) is 0 Å². The summed E-state index contributed by atoms with van der Waals surface area (Å²) in [5.74, 6) is 0.